The number of anilines is 1. The third kappa shape index (κ3) is 2.63. The van der Waals surface area contributed by atoms with E-state index >= 15 is 0 Å². The number of nitrogens with one attached hydrogen (secondary N) is 2. The lowest BCUT2D eigenvalue weighted by Gasteiger charge is -2.08. The van der Waals surface area contributed by atoms with Crippen molar-refractivity contribution in [1.29, 1.82) is 0 Å². The fraction of sp³-hybridized carbons (Fsp3) is 0.118. The lowest BCUT2D eigenvalue weighted by atomic mass is 10.1. The van der Waals surface area contributed by atoms with Gasteiger partial charge in [0.05, 0.1) is 22.3 Å². The number of aryl methyl sites for hydroxylation is 2. The van der Waals surface area contributed by atoms with E-state index < -0.39 is 0 Å². The Kier molecular flexibility index (Phi) is 3.50. The monoisotopic (exact) mass is 333 g/mol. The zero-order chi connectivity index (χ0) is 17.4. The first-order chi connectivity index (χ1) is 12.1. The highest BCUT2D eigenvalue weighted by Gasteiger charge is 2.19. The van der Waals surface area contributed by atoms with E-state index in [1.165, 1.54) is 6.33 Å². The van der Waals surface area contributed by atoms with Gasteiger partial charge in [-0.05, 0) is 13.0 Å². The molecular formula is C17H15N7O. The Morgan fingerprint density at radius 2 is 2.04 bits per heavy atom. The molecule has 1 aromatic carbocycles. The van der Waals surface area contributed by atoms with E-state index in [1.54, 1.807) is 10.7 Å². The van der Waals surface area contributed by atoms with Crippen molar-refractivity contribution in [2.24, 2.45) is 7.05 Å². The van der Waals surface area contributed by atoms with Gasteiger partial charge in [-0.15, -0.1) is 0 Å². The van der Waals surface area contributed by atoms with Gasteiger partial charge in [-0.3, -0.25) is 14.8 Å². The second-order valence-corrected chi connectivity index (χ2v) is 5.62. The quantitative estimate of drug-likeness (QED) is 0.599. The van der Waals surface area contributed by atoms with Crippen LogP contribution >= 0.6 is 0 Å². The normalized spacial score (nSPS) is 11.0. The van der Waals surface area contributed by atoms with E-state index in [0.29, 0.717) is 16.9 Å². The highest BCUT2D eigenvalue weighted by atomic mass is 16.1. The third-order valence-corrected chi connectivity index (χ3v) is 3.93. The highest BCUT2D eigenvalue weighted by Crippen LogP contribution is 2.27. The smallest absolute Gasteiger partial charge is 0.258 e. The minimum Gasteiger partial charge on any atom is -0.291 e. The van der Waals surface area contributed by atoms with Gasteiger partial charge in [0, 0.05) is 12.6 Å². The van der Waals surface area contributed by atoms with E-state index in [2.05, 4.69) is 25.6 Å². The van der Waals surface area contributed by atoms with Crippen molar-refractivity contribution in [3.8, 4) is 11.3 Å². The molecule has 0 unspecified atom stereocenters. The van der Waals surface area contributed by atoms with Crippen LogP contribution in [0.4, 0.5) is 5.95 Å². The van der Waals surface area contributed by atoms with Crippen molar-refractivity contribution in [1.82, 2.24) is 29.9 Å². The number of carbonyl (C=O) groups is 1. The van der Waals surface area contributed by atoms with Crippen LogP contribution in [0.5, 0.6) is 0 Å². The van der Waals surface area contributed by atoms with Gasteiger partial charge in [0.2, 0.25) is 5.95 Å². The van der Waals surface area contributed by atoms with Crippen LogP contribution in [0.3, 0.4) is 0 Å². The molecule has 0 bridgehead atoms. The average Bonchev–Trinajstić information content (AvgIpc) is 3.23. The standard InChI is InChI=1S/C17H15N7O/c1-10-14-12(16(25)21-17-18-9-19-22-17)8-13(11-6-4-3-5-7-11)20-15(14)24(2)23-10/h3-9H,1-2H3,(H2,18,19,21,22,25). The van der Waals surface area contributed by atoms with Gasteiger partial charge >= 0.3 is 0 Å². The molecule has 25 heavy (non-hydrogen) atoms. The van der Waals surface area contributed by atoms with Gasteiger partial charge in [0.15, 0.2) is 5.65 Å². The number of aromatic nitrogens is 6. The third-order valence-electron chi connectivity index (χ3n) is 3.93. The van der Waals surface area contributed by atoms with Crippen LogP contribution in [0.25, 0.3) is 22.3 Å². The number of benzene rings is 1. The van der Waals surface area contributed by atoms with Crippen LogP contribution in [0.15, 0.2) is 42.7 Å². The number of H-pyrrole nitrogens is 1. The Morgan fingerprint density at radius 3 is 2.76 bits per heavy atom. The summed E-state index contributed by atoms with van der Waals surface area (Å²) in [4.78, 5) is 21.4. The maximum atomic E-state index is 12.8. The van der Waals surface area contributed by atoms with Gasteiger partial charge in [-0.1, -0.05) is 30.3 Å². The molecule has 2 N–H and O–H groups in total. The highest BCUT2D eigenvalue weighted by molar-refractivity contribution is 6.12. The first-order valence-electron chi connectivity index (χ1n) is 7.70. The predicted octanol–water partition coefficient (Wildman–Crippen LogP) is 2.31. The molecule has 1 amide bonds. The van der Waals surface area contributed by atoms with E-state index in [1.807, 2.05) is 44.3 Å². The second kappa shape index (κ2) is 5.82. The van der Waals surface area contributed by atoms with Crippen LogP contribution in [-0.4, -0.2) is 35.9 Å². The molecule has 4 aromatic rings. The van der Waals surface area contributed by atoms with Gasteiger partial charge in [-0.2, -0.15) is 15.2 Å². The fourth-order valence-corrected chi connectivity index (χ4v) is 2.82. The summed E-state index contributed by atoms with van der Waals surface area (Å²) < 4.78 is 1.68. The summed E-state index contributed by atoms with van der Waals surface area (Å²) in [6.45, 7) is 1.86. The van der Waals surface area contributed by atoms with Crippen molar-refractivity contribution in [2.45, 2.75) is 6.92 Å². The van der Waals surface area contributed by atoms with Gasteiger partial charge in [-0.25, -0.2) is 10.1 Å². The number of rotatable bonds is 3. The largest absolute Gasteiger partial charge is 0.291 e. The van der Waals surface area contributed by atoms with Crippen molar-refractivity contribution >= 4 is 22.9 Å². The van der Waals surface area contributed by atoms with E-state index in [4.69, 9.17) is 4.98 Å². The van der Waals surface area contributed by atoms with Crippen molar-refractivity contribution in [3.63, 3.8) is 0 Å². The summed E-state index contributed by atoms with van der Waals surface area (Å²) in [6.07, 6.45) is 1.34. The van der Waals surface area contributed by atoms with Crippen LogP contribution in [0.2, 0.25) is 0 Å². The molecule has 124 valence electrons. The van der Waals surface area contributed by atoms with E-state index in [0.717, 1.165) is 16.6 Å². The maximum Gasteiger partial charge on any atom is 0.258 e. The molecule has 3 aromatic heterocycles. The molecule has 0 saturated carbocycles. The Bertz CT molecular complexity index is 1050. The predicted molar refractivity (Wildman–Crippen MR) is 93.0 cm³/mol. The van der Waals surface area contributed by atoms with Crippen LogP contribution in [-0.2, 0) is 7.05 Å². The number of amides is 1. The molecule has 0 spiro atoms. The number of aromatic amines is 1. The van der Waals surface area contributed by atoms with Gasteiger partial charge < -0.3 is 0 Å². The van der Waals surface area contributed by atoms with Crippen molar-refractivity contribution in [2.75, 3.05) is 5.32 Å². The number of carbonyl (C=O) groups excluding carboxylic acids is 1. The van der Waals surface area contributed by atoms with Gasteiger partial charge in [0.1, 0.15) is 6.33 Å². The van der Waals surface area contributed by atoms with Crippen LogP contribution in [0, 0.1) is 6.92 Å². The van der Waals surface area contributed by atoms with E-state index in [9.17, 15) is 4.79 Å². The minimum absolute atomic E-state index is 0.290. The summed E-state index contributed by atoms with van der Waals surface area (Å²) in [7, 11) is 1.81. The number of hydrogen-bond acceptors (Lipinski definition) is 5. The lowest BCUT2D eigenvalue weighted by Crippen LogP contribution is -2.14. The lowest BCUT2D eigenvalue weighted by molar-refractivity contribution is 0.102. The average molecular weight is 333 g/mol. The topological polar surface area (TPSA) is 101 Å². The molecule has 8 heteroatoms. The molecule has 0 aliphatic rings. The molecule has 0 fully saturated rings. The fourth-order valence-electron chi connectivity index (χ4n) is 2.82. The number of pyridine rings is 1. The van der Waals surface area contributed by atoms with Gasteiger partial charge in [0.25, 0.3) is 5.91 Å². The second-order valence-electron chi connectivity index (χ2n) is 5.62. The first kappa shape index (κ1) is 15.0. The molecule has 0 radical (unpaired) electrons. The molecule has 0 aliphatic carbocycles. The molecule has 4 rings (SSSR count). The number of nitrogens with zero attached hydrogens (tertiary/aromatic N) is 5. The van der Waals surface area contributed by atoms with Crippen LogP contribution in [0.1, 0.15) is 16.1 Å². The molecular weight excluding hydrogens is 318 g/mol. The zero-order valence-corrected chi connectivity index (χ0v) is 13.7. The van der Waals surface area contributed by atoms with E-state index in [-0.39, 0.29) is 11.9 Å². The Morgan fingerprint density at radius 1 is 1.24 bits per heavy atom. The summed E-state index contributed by atoms with van der Waals surface area (Å²) >= 11 is 0. The number of hydrogen-bond donors (Lipinski definition) is 2. The number of fused-ring (bicyclic) bond motifs is 1. The molecule has 8 nitrogen and oxygen atoms in total. The molecule has 3 heterocycles. The van der Waals surface area contributed by atoms with Crippen molar-refractivity contribution < 1.29 is 4.79 Å². The summed E-state index contributed by atoms with van der Waals surface area (Å²) in [6, 6.07) is 11.5. The SMILES string of the molecule is Cc1nn(C)c2nc(-c3ccccc3)cc(C(=O)Nc3ncn[nH]3)c12. The molecule has 0 atom stereocenters. The Hall–Kier alpha value is -3.55. The van der Waals surface area contributed by atoms with Crippen molar-refractivity contribution in [3.05, 3.63) is 54.0 Å². The summed E-state index contributed by atoms with van der Waals surface area (Å²) in [5, 5.41) is 14.2. The Balaban J connectivity index is 1.90. The molecule has 0 saturated heterocycles. The Labute approximate surface area is 142 Å². The zero-order valence-electron chi connectivity index (χ0n) is 13.7. The first-order valence-corrected chi connectivity index (χ1v) is 7.70. The summed E-state index contributed by atoms with van der Waals surface area (Å²) in [5.41, 5.74) is 3.52. The minimum atomic E-state index is -0.294. The summed E-state index contributed by atoms with van der Waals surface area (Å²) in [5.74, 6) is -0.00445. The molecule has 0 aliphatic heterocycles. The van der Waals surface area contributed by atoms with Crippen LogP contribution < -0.4 is 5.32 Å². The maximum absolute atomic E-state index is 12.8.